The molecule has 0 saturated carbocycles. The van der Waals surface area contributed by atoms with Crippen molar-refractivity contribution in [2.75, 3.05) is 19.4 Å². The summed E-state index contributed by atoms with van der Waals surface area (Å²) in [5.74, 6) is -0.0806. The van der Waals surface area contributed by atoms with Crippen LogP contribution in [0.5, 0.6) is 0 Å². The van der Waals surface area contributed by atoms with Crippen LogP contribution >= 0.6 is 12.2 Å². The maximum atomic E-state index is 11.6. The molecule has 0 unspecified atom stereocenters. The standard InChI is InChI=1S/C19H23N3OS/c1-4-14-6-5-7-17(12-14)21-19(24)22(3)13-15-8-10-16(11-9-15)18(23)20-2/h5-12H,4,13H2,1-3H3,(H,20,23)(H,21,24). The fraction of sp³-hybridized carbons (Fsp3) is 0.263. The van der Waals surface area contributed by atoms with Gasteiger partial charge in [-0.1, -0.05) is 31.2 Å². The molecule has 0 spiro atoms. The van der Waals surface area contributed by atoms with E-state index >= 15 is 0 Å². The van der Waals surface area contributed by atoms with Crippen LogP contribution in [0.4, 0.5) is 5.69 Å². The third kappa shape index (κ3) is 4.80. The van der Waals surface area contributed by atoms with Gasteiger partial charge in [-0.15, -0.1) is 0 Å². The molecule has 0 atom stereocenters. The zero-order valence-corrected chi connectivity index (χ0v) is 15.1. The molecule has 0 fully saturated rings. The molecule has 4 nitrogen and oxygen atoms in total. The first-order valence-corrected chi connectivity index (χ1v) is 8.36. The Labute approximate surface area is 148 Å². The second-order valence-corrected chi connectivity index (χ2v) is 6.00. The van der Waals surface area contributed by atoms with E-state index in [0.717, 1.165) is 17.7 Å². The molecule has 2 rings (SSSR count). The van der Waals surface area contributed by atoms with Gasteiger partial charge in [-0.05, 0) is 54.0 Å². The molecule has 0 bridgehead atoms. The first-order chi connectivity index (χ1) is 11.5. The van der Waals surface area contributed by atoms with Gasteiger partial charge in [0, 0.05) is 31.9 Å². The Kier molecular flexibility index (Phi) is 6.32. The number of benzene rings is 2. The number of aryl methyl sites for hydroxylation is 1. The van der Waals surface area contributed by atoms with Crippen molar-refractivity contribution in [2.45, 2.75) is 19.9 Å². The van der Waals surface area contributed by atoms with Gasteiger partial charge < -0.3 is 15.5 Å². The monoisotopic (exact) mass is 341 g/mol. The quantitative estimate of drug-likeness (QED) is 0.818. The van der Waals surface area contributed by atoms with Crippen LogP contribution in [0.2, 0.25) is 0 Å². The van der Waals surface area contributed by atoms with Crippen molar-refractivity contribution in [3.8, 4) is 0 Å². The van der Waals surface area contributed by atoms with Crippen molar-refractivity contribution in [3.63, 3.8) is 0 Å². The van der Waals surface area contributed by atoms with E-state index in [-0.39, 0.29) is 5.91 Å². The van der Waals surface area contributed by atoms with Crippen molar-refractivity contribution in [1.82, 2.24) is 10.2 Å². The number of carbonyl (C=O) groups excluding carboxylic acids is 1. The lowest BCUT2D eigenvalue weighted by atomic mass is 10.1. The number of carbonyl (C=O) groups is 1. The van der Waals surface area contributed by atoms with Crippen LogP contribution in [0.3, 0.4) is 0 Å². The number of thiocarbonyl (C=S) groups is 1. The van der Waals surface area contributed by atoms with Crippen molar-refractivity contribution in [1.29, 1.82) is 0 Å². The minimum Gasteiger partial charge on any atom is -0.355 e. The lowest BCUT2D eigenvalue weighted by molar-refractivity contribution is 0.0963. The number of amides is 1. The van der Waals surface area contributed by atoms with E-state index in [4.69, 9.17) is 12.2 Å². The second-order valence-electron chi connectivity index (χ2n) is 5.62. The van der Waals surface area contributed by atoms with Gasteiger partial charge in [0.05, 0.1) is 0 Å². The molecule has 1 amide bonds. The topological polar surface area (TPSA) is 44.4 Å². The van der Waals surface area contributed by atoms with E-state index in [9.17, 15) is 4.79 Å². The molecule has 0 aromatic heterocycles. The Morgan fingerprint density at radius 1 is 1.12 bits per heavy atom. The highest BCUT2D eigenvalue weighted by atomic mass is 32.1. The van der Waals surface area contributed by atoms with Gasteiger partial charge in [-0.3, -0.25) is 4.79 Å². The lowest BCUT2D eigenvalue weighted by Gasteiger charge is -2.21. The van der Waals surface area contributed by atoms with Gasteiger partial charge in [0.15, 0.2) is 5.11 Å². The molecule has 24 heavy (non-hydrogen) atoms. The second kappa shape index (κ2) is 8.45. The molecule has 0 heterocycles. The molecular formula is C19H23N3OS. The van der Waals surface area contributed by atoms with Gasteiger partial charge >= 0.3 is 0 Å². The summed E-state index contributed by atoms with van der Waals surface area (Å²) in [6, 6.07) is 15.8. The van der Waals surface area contributed by atoms with E-state index in [1.54, 1.807) is 7.05 Å². The van der Waals surface area contributed by atoms with Gasteiger partial charge in [0.25, 0.3) is 5.91 Å². The van der Waals surface area contributed by atoms with Gasteiger partial charge in [-0.2, -0.15) is 0 Å². The Balaban J connectivity index is 1.96. The summed E-state index contributed by atoms with van der Waals surface area (Å²) < 4.78 is 0. The molecule has 2 aromatic carbocycles. The van der Waals surface area contributed by atoms with Crippen molar-refractivity contribution < 1.29 is 4.79 Å². The predicted molar refractivity (Wildman–Crippen MR) is 103 cm³/mol. The number of anilines is 1. The number of nitrogens with one attached hydrogen (secondary N) is 2. The molecule has 0 aliphatic carbocycles. The highest BCUT2D eigenvalue weighted by Gasteiger charge is 2.07. The summed E-state index contributed by atoms with van der Waals surface area (Å²) in [5, 5.41) is 6.55. The molecule has 0 radical (unpaired) electrons. The molecule has 0 aliphatic heterocycles. The van der Waals surface area contributed by atoms with Crippen LogP contribution in [-0.4, -0.2) is 30.0 Å². The van der Waals surface area contributed by atoms with Crippen LogP contribution in [0.15, 0.2) is 48.5 Å². The van der Waals surface area contributed by atoms with Gasteiger partial charge in [0.1, 0.15) is 0 Å². The fourth-order valence-corrected chi connectivity index (χ4v) is 2.52. The van der Waals surface area contributed by atoms with E-state index in [1.165, 1.54) is 5.56 Å². The normalized spacial score (nSPS) is 10.1. The average Bonchev–Trinajstić information content (AvgIpc) is 2.61. The van der Waals surface area contributed by atoms with E-state index in [2.05, 4.69) is 29.7 Å². The fourth-order valence-electron chi connectivity index (χ4n) is 2.34. The third-order valence-electron chi connectivity index (χ3n) is 3.80. The van der Waals surface area contributed by atoms with E-state index < -0.39 is 0 Å². The maximum Gasteiger partial charge on any atom is 0.251 e. The Bertz CT molecular complexity index is 713. The zero-order chi connectivity index (χ0) is 17.5. The molecule has 2 aromatic rings. The molecule has 5 heteroatoms. The summed E-state index contributed by atoms with van der Waals surface area (Å²) in [5.41, 5.74) is 4.02. The largest absolute Gasteiger partial charge is 0.355 e. The summed E-state index contributed by atoms with van der Waals surface area (Å²) in [6.07, 6.45) is 0.996. The first kappa shape index (κ1) is 17.9. The maximum absolute atomic E-state index is 11.6. The average molecular weight is 341 g/mol. The van der Waals surface area contributed by atoms with Crippen molar-refractivity contribution >= 4 is 28.9 Å². The van der Waals surface area contributed by atoms with Crippen LogP contribution in [0, 0.1) is 0 Å². The Hall–Kier alpha value is -2.40. The minimum absolute atomic E-state index is 0.0806. The highest BCUT2D eigenvalue weighted by Crippen LogP contribution is 2.13. The summed E-state index contributed by atoms with van der Waals surface area (Å²) in [6.45, 7) is 2.80. The zero-order valence-electron chi connectivity index (χ0n) is 14.3. The van der Waals surface area contributed by atoms with E-state index in [0.29, 0.717) is 17.2 Å². The van der Waals surface area contributed by atoms with Crippen LogP contribution in [0.1, 0.15) is 28.4 Å². The highest BCUT2D eigenvalue weighted by molar-refractivity contribution is 7.80. The molecule has 0 aliphatic rings. The molecule has 0 saturated heterocycles. The number of hydrogen-bond donors (Lipinski definition) is 2. The van der Waals surface area contributed by atoms with Crippen LogP contribution in [-0.2, 0) is 13.0 Å². The van der Waals surface area contributed by atoms with Crippen LogP contribution < -0.4 is 10.6 Å². The number of hydrogen-bond acceptors (Lipinski definition) is 2. The number of nitrogens with zero attached hydrogens (tertiary/aromatic N) is 1. The van der Waals surface area contributed by atoms with Crippen LogP contribution in [0.25, 0.3) is 0 Å². The Morgan fingerprint density at radius 2 is 1.83 bits per heavy atom. The Morgan fingerprint density at radius 3 is 2.46 bits per heavy atom. The van der Waals surface area contributed by atoms with Crippen molar-refractivity contribution in [3.05, 3.63) is 65.2 Å². The summed E-state index contributed by atoms with van der Waals surface area (Å²) in [4.78, 5) is 13.5. The molecular weight excluding hydrogens is 318 g/mol. The predicted octanol–water partition coefficient (Wildman–Crippen LogP) is 3.44. The first-order valence-electron chi connectivity index (χ1n) is 7.95. The molecule has 126 valence electrons. The summed E-state index contributed by atoms with van der Waals surface area (Å²) >= 11 is 5.47. The lowest BCUT2D eigenvalue weighted by Crippen LogP contribution is -2.30. The van der Waals surface area contributed by atoms with E-state index in [1.807, 2.05) is 48.3 Å². The SMILES string of the molecule is CCc1cccc(NC(=S)N(C)Cc2ccc(C(=O)NC)cc2)c1. The van der Waals surface area contributed by atoms with Gasteiger partial charge in [-0.25, -0.2) is 0 Å². The van der Waals surface area contributed by atoms with Crippen molar-refractivity contribution in [2.24, 2.45) is 0 Å². The minimum atomic E-state index is -0.0806. The van der Waals surface area contributed by atoms with Gasteiger partial charge in [0.2, 0.25) is 0 Å². The summed E-state index contributed by atoms with van der Waals surface area (Å²) in [7, 11) is 3.58. The molecule has 2 N–H and O–H groups in total. The smallest absolute Gasteiger partial charge is 0.251 e. The number of rotatable bonds is 5. The third-order valence-corrected chi connectivity index (χ3v) is 4.21.